The normalized spacial score (nSPS) is 18.6. The van der Waals surface area contributed by atoms with Crippen molar-refractivity contribution in [2.24, 2.45) is 0 Å². The lowest BCUT2D eigenvalue weighted by Crippen LogP contribution is -2.60. The van der Waals surface area contributed by atoms with Gasteiger partial charge in [0.15, 0.2) is 6.29 Å². The van der Waals surface area contributed by atoms with Gasteiger partial charge in [-0.15, -0.1) is 0 Å². The Morgan fingerprint density at radius 2 is 0.821 bits per heavy atom. The van der Waals surface area contributed by atoms with Crippen molar-refractivity contribution in [1.29, 1.82) is 0 Å². The van der Waals surface area contributed by atoms with E-state index >= 15 is 0 Å². The van der Waals surface area contributed by atoms with Crippen LogP contribution < -0.4 is 5.32 Å². The molecule has 1 rings (SSSR count). The van der Waals surface area contributed by atoms with E-state index in [1.165, 1.54) is 231 Å². The SMILES string of the molecule is CCCCCCCCC/C=C/C(O)C(COC1OC(CO)C(O)C(O)C1O)NC(=O)CCCCCCCCC/C=C\CCCCCCCCCCCCCCOC(=O)CCCCCCCCCCCCCCCCCCCC. The Hall–Kier alpha value is -1.86. The molecule has 11 nitrogen and oxygen atoms in total. The van der Waals surface area contributed by atoms with Gasteiger partial charge < -0.3 is 45.1 Å². The number of hydrogen-bond donors (Lipinski definition) is 6. The van der Waals surface area contributed by atoms with Gasteiger partial charge >= 0.3 is 5.97 Å². The van der Waals surface area contributed by atoms with Gasteiger partial charge in [-0.05, 0) is 57.8 Å². The second-order valence-corrected chi connectivity index (χ2v) is 23.5. The summed E-state index contributed by atoms with van der Waals surface area (Å²) in [6.07, 6.45) is 60.3. The molecule has 1 fully saturated rings. The van der Waals surface area contributed by atoms with Crippen molar-refractivity contribution >= 4 is 11.9 Å². The maximum absolute atomic E-state index is 13.0. The number of aliphatic hydroxyl groups excluding tert-OH is 5. The number of ether oxygens (including phenoxy) is 3. The molecule has 0 aromatic rings. The Kier molecular flexibility index (Phi) is 54.2. The van der Waals surface area contributed by atoms with E-state index in [4.69, 9.17) is 14.2 Å². The Labute approximate surface area is 480 Å². The minimum atomic E-state index is -1.57. The molecule has 1 amide bonds. The van der Waals surface area contributed by atoms with Gasteiger partial charge in [-0.1, -0.05) is 282 Å². The predicted molar refractivity (Wildman–Crippen MR) is 324 cm³/mol. The van der Waals surface area contributed by atoms with Gasteiger partial charge in [0.25, 0.3) is 0 Å². The van der Waals surface area contributed by atoms with Gasteiger partial charge in [0.05, 0.1) is 32.0 Å². The zero-order valence-electron chi connectivity index (χ0n) is 50.9. The summed E-state index contributed by atoms with van der Waals surface area (Å²) in [6.45, 7) is 4.34. The highest BCUT2D eigenvalue weighted by Gasteiger charge is 2.44. The second kappa shape index (κ2) is 57.0. The smallest absolute Gasteiger partial charge is 0.305 e. The number of nitrogens with one attached hydrogen (secondary N) is 1. The Balaban J connectivity index is 1.95. The molecule has 0 radical (unpaired) electrons. The summed E-state index contributed by atoms with van der Waals surface area (Å²) < 4.78 is 16.7. The van der Waals surface area contributed by atoms with Crippen LogP contribution in [0.2, 0.25) is 0 Å². The first-order chi connectivity index (χ1) is 38.2. The van der Waals surface area contributed by atoms with E-state index < -0.39 is 49.5 Å². The van der Waals surface area contributed by atoms with Crippen LogP contribution in [0, 0.1) is 0 Å². The average molecular weight is 1110 g/mol. The van der Waals surface area contributed by atoms with Crippen molar-refractivity contribution in [3.8, 4) is 0 Å². The first-order valence-corrected chi connectivity index (χ1v) is 33.6. The van der Waals surface area contributed by atoms with Crippen LogP contribution in [0.5, 0.6) is 0 Å². The first kappa shape index (κ1) is 74.2. The molecule has 6 N–H and O–H groups in total. The number of rotatable bonds is 59. The zero-order valence-corrected chi connectivity index (χ0v) is 50.9. The van der Waals surface area contributed by atoms with Crippen molar-refractivity contribution in [1.82, 2.24) is 5.32 Å². The van der Waals surface area contributed by atoms with E-state index in [1.807, 2.05) is 6.08 Å². The third-order valence-corrected chi connectivity index (χ3v) is 16.1. The predicted octanol–water partition coefficient (Wildman–Crippen LogP) is 16.5. The highest BCUT2D eigenvalue weighted by atomic mass is 16.7. The average Bonchev–Trinajstić information content (AvgIpc) is 3.43. The summed E-state index contributed by atoms with van der Waals surface area (Å²) in [6, 6.07) is -0.813. The quantitative estimate of drug-likeness (QED) is 0.0195. The molecule has 7 unspecified atom stereocenters. The minimum absolute atomic E-state index is 0.00449. The molecule has 1 aliphatic rings. The highest BCUT2D eigenvalue weighted by molar-refractivity contribution is 5.76. The summed E-state index contributed by atoms with van der Waals surface area (Å²) in [7, 11) is 0. The Morgan fingerprint density at radius 3 is 1.23 bits per heavy atom. The maximum Gasteiger partial charge on any atom is 0.305 e. The molecule has 0 saturated carbocycles. The van der Waals surface area contributed by atoms with Crippen LogP contribution in [0.3, 0.4) is 0 Å². The van der Waals surface area contributed by atoms with E-state index in [0.717, 1.165) is 70.6 Å². The Morgan fingerprint density at radius 1 is 0.462 bits per heavy atom. The summed E-state index contributed by atoms with van der Waals surface area (Å²) in [5.74, 6) is -0.185. The number of amides is 1. The third kappa shape index (κ3) is 45.7. The number of carbonyl (C=O) groups is 2. The van der Waals surface area contributed by atoms with Crippen LogP contribution in [0.4, 0.5) is 0 Å². The van der Waals surface area contributed by atoms with Gasteiger partial charge in [-0.25, -0.2) is 0 Å². The lowest BCUT2D eigenvalue weighted by Gasteiger charge is -2.40. The fourth-order valence-corrected chi connectivity index (χ4v) is 10.7. The Bertz CT molecular complexity index is 1350. The minimum Gasteiger partial charge on any atom is -0.466 e. The van der Waals surface area contributed by atoms with Crippen molar-refractivity contribution in [3.05, 3.63) is 24.3 Å². The van der Waals surface area contributed by atoms with Crippen LogP contribution in [0.15, 0.2) is 24.3 Å². The van der Waals surface area contributed by atoms with Crippen molar-refractivity contribution in [2.75, 3.05) is 19.8 Å². The third-order valence-electron chi connectivity index (χ3n) is 16.1. The van der Waals surface area contributed by atoms with Gasteiger partial charge in [-0.3, -0.25) is 9.59 Å². The fraction of sp³-hybridized carbons (Fsp3) is 0.910. The number of allylic oxidation sites excluding steroid dienone is 3. The molecule has 11 heteroatoms. The number of unbranched alkanes of at least 4 members (excludes halogenated alkanes) is 43. The molecule has 78 heavy (non-hydrogen) atoms. The van der Waals surface area contributed by atoms with Crippen LogP contribution in [-0.2, 0) is 23.8 Å². The summed E-state index contributed by atoms with van der Waals surface area (Å²) in [4.78, 5) is 25.1. The molecule has 0 aromatic carbocycles. The molecular weight excluding hydrogens is 979 g/mol. The fourth-order valence-electron chi connectivity index (χ4n) is 10.7. The lowest BCUT2D eigenvalue weighted by molar-refractivity contribution is -0.302. The highest BCUT2D eigenvalue weighted by Crippen LogP contribution is 2.23. The van der Waals surface area contributed by atoms with E-state index in [0.29, 0.717) is 19.4 Å². The van der Waals surface area contributed by atoms with Crippen LogP contribution in [-0.4, -0.2) is 100 Å². The first-order valence-electron chi connectivity index (χ1n) is 33.6. The van der Waals surface area contributed by atoms with E-state index in [9.17, 15) is 35.1 Å². The summed E-state index contributed by atoms with van der Waals surface area (Å²) in [5.41, 5.74) is 0. The zero-order chi connectivity index (χ0) is 56.6. The van der Waals surface area contributed by atoms with Crippen LogP contribution in [0.25, 0.3) is 0 Å². The molecule has 0 spiro atoms. The van der Waals surface area contributed by atoms with Crippen molar-refractivity contribution < 1.29 is 49.3 Å². The number of hydrogen-bond acceptors (Lipinski definition) is 10. The molecule has 1 aliphatic heterocycles. The summed E-state index contributed by atoms with van der Waals surface area (Å²) in [5, 5.41) is 54.2. The maximum atomic E-state index is 13.0. The van der Waals surface area contributed by atoms with Gasteiger partial charge in [0.2, 0.25) is 5.91 Å². The van der Waals surface area contributed by atoms with E-state index in [1.54, 1.807) is 6.08 Å². The molecule has 0 aromatic heterocycles. The molecule has 1 heterocycles. The summed E-state index contributed by atoms with van der Waals surface area (Å²) >= 11 is 0. The van der Waals surface area contributed by atoms with E-state index in [2.05, 4.69) is 31.3 Å². The number of esters is 1. The standard InChI is InChI=1S/C67H127NO10/c1-3-5-7-9-11-13-14-15-16-17-26-29-32-35-39-43-47-51-55-63(72)76-56-52-48-44-40-36-33-30-27-24-22-20-18-19-21-23-25-28-31-34-38-42-46-50-54-62(71)68-59(60(70)53-49-45-41-37-12-10-8-6-4-2)58-77-67-66(75)65(74)64(73)61(57-69)78-67/h21,23,49,53,59-61,64-67,69-70,73-75H,3-20,22,24-48,50-52,54-58H2,1-2H3,(H,68,71)/b23-21-,53-49+. The van der Waals surface area contributed by atoms with Gasteiger partial charge in [0.1, 0.15) is 24.4 Å². The van der Waals surface area contributed by atoms with Gasteiger partial charge in [0, 0.05) is 12.8 Å². The second-order valence-electron chi connectivity index (χ2n) is 23.5. The monoisotopic (exact) mass is 1110 g/mol. The molecule has 0 bridgehead atoms. The molecule has 0 aliphatic carbocycles. The molecule has 460 valence electrons. The topological polar surface area (TPSA) is 175 Å². The van der Waals surface area contributed by atoms with Crippen LogP contribution >= 0.6 is 0 Å². The van der Waals surface area contributed by atoms with Crippen molar-refractivity contribution in [3.63, 3.8) is 0 Å². The molecular formula is C67H127NO10. The van der Waals surface area contributed by atoms with Gasteiger partial charge in [-0.2, -0.15) is 0 Å². The number of aliphatic hydroxyl groups is 5. The largest absolute Gasteiger partial charge is 0.466 e. The lowest BCUT2D eigenvalue weighted by atomic mass is 9.99. The van der Waals surface area contributed by atoms with E-state index in [-0.39, 0.29) is 18.5 Å². The van der Waals surface area contributed by atoms with Crippen molar-refractivity contribution in [2.45, 2.75) is 371 Å². The molecule has 7 atom stereocenters. The van der Waals surface area contributed by atoms with Crippen LogP contribution in [0.1, 0.15) is 328 Å². The molecule has 1 saturated heterocycles. The number of carbonyl (C=O) groups excluding carboxylic acids is 2.